The van der Waals surface area contributed by atoms with Crippen LogP contribution in [0.25, 0.3) is 0 Å². The van der Waals surface area contributed by atoms with Crippen LogP contribution >= 0.6 is 0 Å². The molecule has 1 aromatic carbocycles. The molecule has 1 aliphatic rings. The van der Waals surface area contributed by atoms with Crippen molar-refractivity contribution in [3.05, 3.63) is 59.2 Å². The predicted octanol–water partition coefficient (Wildman–Crippen LogP) is 3.00. The summed E-state index contributed by atoms with van der Waals surface area (Å²) in [5.74, 6) is 0.748. The summed E-state index contributed by atoms with van der Waals surface area (Å²) >= 11 is 0. The van der Waals surface area contributed by atoms with Crippen LogP contribution in [0.1, 0.15) is 46.8 Å². The maximum Gasteiger partial charge on any atom is 0.257 e. The zero-order valence-corrected chi connectivity index (χ0v) is 15.3. The Labute approximate surface area is 149 Å². The molecule has 1 fully saturated rings. The molecule has 0 saturated carbocycles. The first-order valence-corrected chi connectivity index (χ1v) is 8.98. The molecule has 1 amide bonds. The highest BCUT2D eigenvalue weighted by atomic mass is 16.2. The maximum absolute atomic E-state index is 12.8. The van der Waals surface area contributed by atoms with Crippen LogP contribution in [0.3, 0.4) is 0 Å². The number of hydrogen-bond acceptors (Lipinski definition) is 4. The summed E-state index contributed by atoms with van der Waals surface area (Å²) in [5.41, 5.74) is 2.73. The Bertz CT molecular complexity index is 724. The van der Waals surface area contributed by atoms with E-state index in [4.69, 9.17) is 0 Å². The summed E-state index contributed by atoms with van der Waals surface area (Å²) in [5, 5.41) is 0. The lowest BCUT2D eigenvalue weighted by molar-refractivity contribution is 0.0561. The molecule has 3 rings (SSSR count). The van der Waals surface area contributed by atoms with Crippen LogP contribution in [0, 0.1) is 13.8 Å². The van der Waals surface area contributed by atoms with E-state index in [1.54, 1.807) is 6.20 Å². The minimum Gasteiger partial charge on any atom is -0.336 e. The molecule has 0 bridgehead atoms. The third-order valence-corrected chi connectivity index (χ3v) is 4.94. The number of piperazine rings is 1. The van der Waals surface area contributed by atoms with Crippen molar-refractivity contribution in [2.24, 2.45) is 0 Å². The second kappa shape index (κ2) is 7.74. The minimum atomic E-state index is 0.0462. The molecule has 1 atom stereocenters. The molecule has 0 unspecified atom stereocenters. The van der Waals surface area contributed by atoms with E-state index in [1.807, 2.05) is 18.7 Å². The molecule has 2 heterocycles. The van der Waals surface area contributed by atoms with E-state index in [1.165, 1.54) is 5.56 Å². The fourth-order valence-corrected chi connectivity index (χ4v) is 3.58. The van der Waals surface area contributed by atoms with Crippen LogP contribution in [-0.2, 0) is 0 Å². The predicted molar refractivity (Wildman–Crippen MR) is 98.5 cm³/mol. The van der Waals surface area contributed by atoms with Gasteiger partial charge in [-0.15, -0.1) is 0 Å². The normalized spacial score (nSPS) is 16.7. The first-order valence-electron chi connectivity index (χ1n) is 8.98. The van der Waals surface area contributed by atoms with Gasteiger partial charge in [0, 0.05) is 38.4 Å². The second-order valence-corrected chi connectivity index (χ2v) is 6.58. The van der Waals surface area contributed by atoms with Crippen molar-refractivity contribution in [2.75, 3.05) is 26.2 Å². The molecule has 0 spiro atoms. The lowest BCUT2D eigenvalue weighted by atomic mass is 10.0. The highest BCUT2D eigenvalue weighted by molar-refractivity contribution is 5.95. The smallest absolute Gasteiger partial charge is 0.257 e. The zero-order chi connectivity index (χ0) is 17.8. The van der Waals surface area contributed by atoms with Gasteiger partial charge in [-0.3, -0.25) is 9.69 Å². The van der Waals surface area contributed by atoms with Gasteiger partial charge >= 0.3 is 0 Å². The Hall–Kier alpha value is -2.27. The van der Waals surface area contributed by atoms with Crippen molar-refractivity contribution in [2.45, 2.75) is 33.2 Å². The van der Waals surface area contributed by atoms with Gasteiger partial charge in [0.05, 0.1) is 11.3 Å². The monoisotopic (exact) mass is 338 g/mol. The maximum atomic E-state index is 12.8. The molecule has 0 aliphatic carbocycles. The summed E-state index contributed by atoms with van der Waals surface area (Å²) in [4.78, 5) is 25.7. The number of carbonyl (C=O) groups is 1. The molecule has 1 aliphatic heterocycles. The average Bonchev–Trinajstić information content (AvgIpc) is 2.63. The molecule has 0 radical (unpaired) electrons. The average molecular weight is 338 g/mol. The van der Waals surface area contributed by atoms with E-state index >= 15 is 0 Å². The standard InChI is InChI=1S/C20H26N4O/c1-4-19(17-8-6-5-7-9-17)23-10-12-24(13-11-23)20(25)18-14-21-16(3)22-15(18)2/h5-9,14,19H,4,10-13H2,1-3H3/t19-/m1/s1. The van der Waals surface area contributed by atoms with Crippen molar-refractivity contribution in [3.8, 4) is 0 Å². The summed E-state index contributed by atoms with van der Waals surface area (Å²) in [6, 6.07) is 11.1. The first-order chi connectivity index (χ1) is 12.1. The number of aryl methyl sites for hydroxylation is 2. The van der Waals surface area contributed by atoms with Crippen LogP contribution in [0.2, 0.25) is 0 Å². The summed E-state index contributed by atoms with van der Waals surface area (Å²) < 4.78 is 0. The number of rotatable bonds is 4. The number of carbonyl (C=O) groups excluding carboxylic acids is 1. The first kappa shape index (κ1) is 17.5. The van der Waals surface area contributed by atoms with Gasteiger partial charge in [0.15, 0.2) is 0 Å². The van der Waals surface area contributed by atoms with E-state index in [0.29, 0.717) is 17.4 Å². The molecule has 2 aromatic rings. The Morgan fingerprint density at radius 2 is 1.80 bits per heavy atom. The van der Waals surface area contributed by atoms with Gasteiger partial charge < -0.3 is 4.90 Å². The summed E-state index contributed by atoms with van der Waals surface area (Å²) in [6.45, 7) is 9.22. The molecule has 5 nitrogen and oxygen atoms in total. The highest BCUT2D eigenvalue weighted by Crippen LogP contribution is 2.25. The van der Waals surface area contributed by atoms with Gasteiger partial charge in [-0.1, -0.05) is 37.3 Å². The largest absolute Gasteiger partial charge is 0.336 e. The van der Waals surface area contributed by atoms with Gasteiger partial charge in [0.2, 0.25) is 0 Å². The molecule has 5 heteroatoms. The summed E-state index contributed by atoms with van der Waals surface area (Å²) in [7, 11) is 0. The number of benzene rings is 1. The number of amides is 1. The van der Waals surface area contributed by atoms with E-state index in [0.717, 1.165) is 38.3 Å². The molecule has 1 aromatic heterocycles. The SMILES string of the molecule is CC[C@H](c1ccccc1)N1CCN(C(=O)c2cnc(C)nc2C)CC1. The Morgan fingerprint density at radius 1 is 1.12 bits per heavy atom. The van der Waals surface area contributed by atoms with Gasteiger partial charge in [-0.25, -0.2) is 9.97 Å². The molecular weight excluding hydrogens is 312 g/mol. The highest BCUT2D eigenvalue weighted by Gasteiger charge is 2.27. The van der Waals surface area contributed by atoms with E-state index < -0.39 is 0 Å². The zero-order valence-electron chi connectivity index (χ0n) is 15.3. The molecule has 0 N–H and O–H groups in total. The lowest BCUT2D eigenvalue weighted by Gasteiger charge is -2.39. The number of hydrogen-bond donors (Lipinski definition) is 0. The van der Waals surface area contributed by atoms with Crippen LogP contribution in [0.4, 0.5) is 0 Å². The molecule has 132 valence electrons. The van der Waals surface area contributed by atoms with Gasteiger partial charge in [0.25, 0.3) is 5.91 Å². The fraction of sp³-hybridized carbons (Fsp3) is 0.450. The number of aromatic nitrogens is 2. The second-order valence-electron chi connectivity index (χ2n) is 6.58. The van der Waals surface area contributed by atoms with Crippen molar-refractivity contribution < 1.29 is 4.79 Å². The van der Waals surface area contributed by atoms with Gasteiger partial charge in [-0.05, 0) is 25.8 Å². The summed E-state index contributed by atoms with van der Waals surface area (Å²) in [6.07, 6.45) is 2.73. The van der Waals surface area contributed by atoms with E-state index in [-0.39, 0.29) is 5.91 Å². The minimum absolute atomic E-state index is 0.0462. The van der Waals surface area contributed by atoms with Gasteiger partial charge in [-0.2, -0.15) is 0 Å². The Balaban J connectivity index is 1.66. The van der Waals surface area contributed by atoms with Crippen LogP contribution in [-0.4, -0.2) is 51.9 Å². The van der Waals surface area contributed by atoms with Crippen molar-refractivity contribution in [1.82, 2.24) is 19.8 Å². The topological polar surface area (TPSA) is 49.3 Å². The molecule has 1 saturated heterocycles. The number of nitrogens with zero attached hydrogens (tertiary/aromatic N) is 4. The van der Waals surface area contributed by atoms with Crippen LogP contribution in [0.5, 0.6) is 0 Å². The third-order valence-electron chi connectivity index (χ3n) is 4.94. The van der Waals surface area contributed by atoms with Crippen LogP contribution in [0.15, 0.2) is 36.5 Å². The van der Waals surface area contributed by atoms with Crippen molar-refractivity contribution in [3.63, 3.8) is 0 Å². The lowest BCUT2D eigenvalue weighted by Crippen LogP contribution is -2.49. The van der Waals surface area contributed by atoms with Gasteiger partial charge in [0.1, 0.15) is 5.82 Å². The van der Waals surface area contributed by atoms with Crippen molar-refractivity contribution >= 4 is 5.91 Å². The third kappa shape index (κ3) is 3.87. The van der Waals surface area contributed by atoms with E-state index in [9.17, 15) is 4.79 Å². The molecular formula is C20H26N4O. The quantitative estimate of drug-likeness (QED) is 0.860. The Kier molecular flexibility index (Phi) is 5.43. The Morgan fingerprint density at radius 3 is 2.40 bits per heavy atom. The van der Waals surface area contributed by atoms with Crippen LogP contribution < -0.4 is 0 Å². The van der Waals surface area contributed by atoms with E-state index in [2.05, 4.69) is 52.1 Å². The fourth-order valence-electron chi connectivity index (χ4n) is 3.58. The van der Waals surface area contributed by atoms with Crippen molar-refractivity contribution in [1.29, 1.82) is 0 Å². The molecule has 25 heavy (non-hydrogen) atoms.